The summed E-state index contributed by atoms with van der Waals surface area (Å²) in [5, 5.41) is 0.442. The average Bonchev–Trinajstić information content (AvgIpc) is 3.30. The van der Waals surface area contributed by atoms with Crippen LogP contribution < -0.4 is 9.64 Å². The largest absolute Gasteiger partial charge is 0.439 e. The molecule has 2 aliphatic heterocycles. The molecule has 12 heteroatoms. The van der Waals surface area contributed by atoms with Gasteiger partial charge in [-0.15, -0.1) is 0 Å². The Bertz CT molecular complexity index is 1080. The number of anilines is 1. The van der Waals surface area contributed by atoms with Crippen LogP contribution >= 0.6 is 12.2 Å². The predicted octanol–water partition coefficient (Wildman–Crippen LogP) is 3.25. The highest BCUT2D eigenvalue weighted by Gasteiger charge is 2.34. The third-order valence-corrected chi connectivity index (χ3v) is 6.73. The van der Waals surface area contributed by atoms with Gasteiger partial charge in [-0.05, 0) is 63.4 Å². The Morgan fingerprint density at radius 3 is 2.28 bits per heavy atom. The van der Waals surface area contributed by atoms with Crippen molar-refractivity contribution in [3.05, 3.63) is 48.0 Å². The minimum absolute atomic E-state index is 0.174. The van der Waals surface area contributed by atoms with Gasteiger partial charge in [-0.1, -0.05) is 32.9 Å². The van der Waals surface area contributed by atoms with Crippen LogP contribution in [0.3, 0.4) is 0 Å². The highest BCUT2D eigenvalue weighted by atomic mass is 32.3. The lowest BCUT2D eigenvalue weighted by molar-refractivity contribution is -0.121. The molecule has 1 N–H and O–H groups in total. The van der Waals surface area contributed by atoms with E-state index < -0.39 is 10.4 Å². The second-order valence-electron chi connectivity index (χ2n) is 7.89. The number of rotatable bonds is 10. The monoisotopic (exact) mass is 540 g/mol. The predicted molar refractivity (Wildman–Crippen MR) is 144 cm³/mol. The summed E-state index contributed by atoms with van der Waals surface area (Å²) >= 11 is 5.29. The molecule has 1 aromatic rings. The molecule has 0 aromatic heterocycles. The molecule has 0 bridgehead atoms. The summed E-state index contributed by atoms with van der Waals surface area (Å²) in [5.74, 6) is 0.928. The highest BCUT2D eigenvalue weighted by Crippen LogP contribution is 2.38. The summed E-state index contributed by atoms with van der Waals surface area (Å²) in [4.78, 5) is 19.8. The van der Waals surface area contributed by atoms with E-state index in [1.54, 1.807) is 24.1 Å². The first kappa shape index (κ1) is 29.7. The smallest absolute Gasteiger partial charge is 0.397 e. The zero-order valence-corrected chi connectivity index (χ0v) is 23.1. The Hall–Kier alpha value is -2.51. The first-order valence-electron chi connectivity index (χ1n) is 12.0. The molecule has 1 aromatic carbocycles. The van der Waals surface area contributed by atoms with Crippen LogP contribution in [-0.2, 0) is 19.4 Å². The Kier molecular flexibility index (Phi) is 11.3. The van der Waals surface area contributed by atoms with Gasteiger partial charge in [-0.25, -0.2) is 4.18 Å². The van der Waals surface area contributed by atoms with Crippen molar-refractivity contribution in [3.8, 4) is 5.75 Å². The van der Waals surface area contributed by atoms with E-state index in [9.17, 15) is 13.2 Å². The zero-order valence-electron chi connectivity index (χ0n) is 21.5. The van der Waals surface area contributed by atoms with E-state index in [2.05, 4.69) is 29.9 Å². The average molecular weight is 541 g/mol. The maximum Gasteiger partial charge on any atom is 0.397 e. The fourth-order valence-corrected chi connectivity index (χ4v) is 4.38. The van der Waals surface area contributed by atoms with Crippen LogP contribution in [0.2, 0.25) is 0 Å². The topological polar surface area (TPSA) is 103 Å². The van der Waals surface area contributed by atoms with E-state index in [1.165, 1.54) is 24.5 Å². The molecule has 10 nitrogen and oxygen atoms in total. The Morgan fingerprint density at radius 2 is 1.72 bits per heavy atom. The number of thiocarbonyl (C=S) groups is 1. The summed E-state index contributed by atoms with van der Waals surface area (Å²) in [6, 6.07) is 7.38. The van der Waals surface area contributed by atoms with Gasteiger partial charge in [-0.2, -0.15) is 8.42 Å². The van der Waals surface area contributed by atoms with Gasteiger partial charge in [0.1, 0.15) is 5.70 Å². The quantitative estimate of drug-likeness (QED) is 0.206. The van der Waals surface area contributed by atoms with Crippen LogP contribution in [0.25, 0.3) is 0 Å². The molecule has 1 saturated heterocycles. The Morgan fingerprint density at radius 1 is 1.08 bits per heavy atom. The molecule has 1 fully saturated rings. The summed E-state index contributed by atoms with van der Waals surface area (Å²) < 4.78 is 40.4. The number of carbonyl (C=O) groups excluding carboxylic acids is 1. The third-order valence-electron chi connectivity index (χ3n) is 5.77. The van der Waals surface area contributed by atoms with Crippen LogP contribution in [0, 0.1) is 0 Å². The highest BCUT2D eigenvalue weighted by molar-refractivity contribution is 7.81. The molecule has 1 amide bonds. The number of likely N-dealkylation sites (N-methyl/N-ethyl adjacent to an activating group) is 2. The first-order valence-corrected chi connectivity index (χ1v) is 13.7. The Balaban J connectivity index is 0.000000572. The normalized spacial score (nSPS) is 17.7. The van der Waals surface area contributed by atoms with Gasteiger partial charge in [0.2, 0.25) is 5.88 Å². The number of amides is 1. The second kappa shape index (κ2) is 13.7. The second-order valence-corrected chi connectivity index (χ2v) is 9.35. The Labute approximate surface area is 219 Å². The maximum absolute atomic E-state index is 12.4. The number of allylic oxidation sites excluding steroid dienone is 2. The van der Waals surface area contributed by atoms with Gasteiger partial charge in [0, 0.05) is 26.2 Å². The SMILES string of the molecule is CCN(CC)CC.CCN1C(=S)N(C)C(=O)/C1=C\C=C1\Oc2ccccc2N1CCCOS(=O)(=O)O. The minimum atomic E-state index is -4.47. The zero-order chi connectivity index (χ0) is 26.9. The van der Waals surface area contributed by atoms with Crippen molar-refractivity contribution >= 4 is 39.3 Å². The minimum Gasteiger partial charge on any atom is -0.439 e. The summed E-state index contributed by atoms with van der Waals surface area (Å²) in [6.07, 6.45) is 3.66. The van der Waals surface area contributed by atoms with E-state index in [0.717, 1.165) is 5.69 Å². The van der Waals surface area contributed by atoms with Crippen molar-refractivity contribution in [2.24, 2.45) is 0 Å². The van der Waals surface area contributed by atoms with Gasteiger partial charge in [0.15, 0.2) is 10.9 Å². The molecule has 0 atom stereocenters. The van der Waals surface area contributed by atoms with Gasteiger partial charge in [-0.3, -0.25) is 14.2 Å². The van der Waals surface area contributed by atoms with Gasteiger partial charge >= 0.3 is 10.4 Å². The molecule has 0 radical (unpaired) electrons. The van der Waals surface area contributed by atoms with Crippen LogP contribution in [0.4, 0.5) is 5.69 Å². The number of hydrogen-bond donors (Lipinski definition) is 1. The van der Waals surface area contributed by atoms with Crippen molar-refractivity contribution in [3.63, 3.8) is 0 Å². The summed E-state index contributed by atoms with van der Waals surface area (Å²) in [7, 11) is -2.84. The van der Waals surface area contributed by atoms with E-state index >= 15 is 0 Å². The molecule has 0 spiro atoms. The molecule has 2 aliphatic rings. The molecule has 36 heavy (non-hydrogen) atoms. The van der Waals surface area contributed by atoms with Crippen LogP contribution in [0.1, 0.15) is 34.1 Å². The number of hydrogen-bond acceptors (Lipinski definition) is 8. The van der Waals surface area contributed by atoms with Gasteiger partial charge in [0.05, 0.1) is 12.3 Å². The standard InChI is InChI=1S/C18H21N3O6S2.C6H15N/c1-3-20-14(17(22)19(2)18(20)28)9-10-16-21(11-6-12-26-29(23,24)25)13-7-4-5-8-15(13)27-16;1-4-7(5-2)6-3/h4-5,7-10H,3,6,11-12H2,1-2H3,(H,23,24,25);4-6H2,1-3H3/b14-9+,16-10+;. The lowest BCUT2D eigenvalue weighted by atomic mass is 10.2. The van der Waals surface area contributed by atoms with Crippen molar-refractivity contribution in [1.29, 1.82) is 0 Å². The van der Waals surface area contributed by atoms with E-state index in [-0.39, 0.29) is 12.5 Å². The number of ether oxygens (including phenoxy) is 1. The maximum atomic E-state index is 12.4. The number of para-hydroxylation sites is 2. The number of benzene rings is 1. The van der Waals surface area contributed by atoms with Crippen LogP contribution in [-0.4, -0.2) is 85.1 Å². The fraction of sp³-hybridized carbons (Fsp3) is 0.500. The lowest BCUT2D eigenvalue weighted by Gasteiger charge is -2.18. The van der Waals surface area contributed by atoms with E-state index in [4.69, 9.17) is 21.5 Å². The molecule has 200 valence electrons. The van der Waals surface area contributed by atoms with Gasteiger partial charge in [0.25, 0.3) is 5.91 Å². The first-order chi connectivity index (χ1) is 17.1. The number of fused-ring (bicyclic) bond motifs is 1. The van der Waals surface area contributed by atoms with Gasteiger partial charge < -0.3 is 19.4 Å². The molecule has 0 saturated carbocycles. The van der Waals surface area contributed by atoms with Crippen molar-refractivity contribution < 1.29 is 26.7 Å². The molecule has 0 unspecified atom stereocenters. The van der Waals surface area contributed by atoms with E-state index in [0.29, 0.717) is 42.0 Å². The van der Waals surface area contributed by atoms with Crippen molar-refractivity contribution in [1.82, 2.24) is 14.7 Å². The number of nitrogens with zero attached hydrogens (tertiary/aromatic N) is 4. The van der Waals surface area contributed by atoms with Crippen molar-refractivity contribution in [2.45, 2.75) is 34.1 Å². The molecular formula is C24H36N4O6S2. The van der Waals surface area contributed by atoms with Crippen molar-refractivity contribution in [2.75, 3.05) is 51.3 Å². The van der Waals surface area contributed by atoms with Crippen LogP contribution in [0.15, 0.2) is 48.0 Å². The molecule has 0 aliphatic carbocycles. The molecular weight excluding hydrogens is 504 g/mol. The molecule has 3 rings (SSSR count). The van der Waals surface area contributed by atoms with E-state index in [1.807, 2.05) is 36.1 Å². The third kappa shape index (κ3) is 7.74. The lowest BCUT2D eigenvalue weighted by Crippen LogP contribution is -2.29. The van der Waals surface area contributed by atoms with Crippen LogP contribution in [0.5, 0.6) is 5.75 Å². The fourth-order valence-electron chi connectivity index (χ4n) is 3.74. The number of carbonyl (C=O) groups is 1. The summed E-state index contributed by atoms with van der Waals surface area (Å²) in [5.41, 5.74) is 1.25. The summed E-state index contributed by atoms with van der Waals surface area (Å²) in [6.45, 7) is 12.8. The molecule has 2 heterocycles.